The van der Waals surface area contributed by atoms with E-state index in [1.54, 1.807) is 4.68 Å². The van der Waals surface area contributed by atoms with Crippen LogP contribution in [0.3, 0.4) is 0 Å². The molecule has 7 heteroatoms. The highest BCUT2D eigenvalue weighted by Gasteiger charge is 2.20. The normalized spacial score (nSPS) is 11.1. The number of benzene rings is 1. The molecule has 0 spiro atoms. The summed E-state index contributed by atoms with van der Waals surface area (Å²) in [6.07, 6.45) is 2.40. The number of aromatic nitrogens is 3. The lowest BCUT2D eigenvalue weighted by molar-refractivity contribution is 0.0947. The highest BCUT2D eigenvalue weighted by atomic mass is 35.5. The fraction of sp³-hybridized carbons (Fsp3) is 0.526. The van der Waals surface area contributed by atoms with Gasteiger partial charge in [0.15, 0.2) is 5.69 Å². The molecule has 0 radical (unpaired) electrons. The number of rotatable bonds is 7. The molecule has 0 aliphatic rings. The van der Waals surface area contributed by atoms with Gasteiger partial charge in [0.2, 0.25) is 0 Å². The van der Waals surface area contributed by atoms with E-state index < -0.39 is 0 Å². The topological polar surface area (TPSA) is 85.8 Å². The van der Waals surface area contributed by atoms with Crippen LogP contribution in [-0.4, -0.2) is 34.0 Å². The second-order valence-corrected chi connectivity index (χ2v) is 7.24. The minimum absolute atomic E-state index is 0. The number of amides is 1. The van der Waals surface area contributed by atoms with Crippen molar-refractivity contribution in [2.45, 2.75) is 52.4 Å². The van der Waals surface area contributed by atoms with Crippen molar-refractivity contribution in [2.75, 3.05) is 13.1 Å². The van der Waals surface area contributed by atoms with E-state index in [9.17, 15) is 4.79 Å². The summed E-state index contributed by atoms with van der Waals surface area (Å²) < 4.78 is 1.77. The summed E-state index contributed by atoms with van der Waals surface area (Å²) in [4.78, 5) is 12.4. The first-order chi connectivity index (χ1) is 11.9. The van der Waals surface area contributed by atoms with Crippen molar-refractivity contribution in [3.05, 3.63) is 41.2 Å². The van der Waals surface area contributed by atoms with Crippen molar-refractivity contribution in [2.24, 2.45) is 5.73 Å². The number of carbonyl (C=O) groups is 1. The SMILES string of the molecule is CCCc1c(C(=O)NCCCN)nnn1-c1ccc(C(C)(C)C)cc1.Cl. The van der Waals surface area contributed by atoms with Crippen LogP contribution >= 0.6 is 12.4 Å². The Labute approximate surface area is 162 Å². The van der Waals surface area contributed by atoms with Gasteiger partial charge in [0.1, 0.15) is 0 Å². The predicted octanol–water partition coefficient (Wildman–Crippen LogP) is 3.02. The Morgan fingerprint density at radius 1 is 1.23 bits per heavy atom. The largest absolute Gasteiger partial charge is 0.351 e. The second kappa shape index (κ2) is 9.69. The number of nitrogens with zero attached hydrogens (tertiary/aromatic N) is 3. The van der Waals surface area contributed by atoms with Crippen molar-refractivity contribution < 1.29 is 4.79 Å². The van der Waals surface area contributed by atoms with Crippen molar-refractivity contribution >= 4 is 18.3 Å². The number of halogens is 1. The molecule has 0 atom stereocenters. The Balaban J connectivity index is 0.00000338. The van der Waals surface area contributed by atoms with E-state index in [-0.39, 0.29) is 23.7 Å². The molecule has 0 bridgehead atoms. The predicted molar refractivity (Wildman–Crippen MR) is 107 cm³/mol. The van der Waals surface area contributed by atoms with Crippen LogP contribution in [0.2, 0.25) is 0 Å². The zero-order valence-corrected chi connectivity index (χ0v) is 16.9. The third kappa shape index (κ3) is 5.29. The highest BCUT2D eigenvalue weighted by Crippen LogP contribution is 2.24. The Bertz CT molecular complexity index is 704. The molecular formula is C19H30ClN5O. The summed E-state index contributed by atoms with van der Waals surface area (Å²) in [6, 6.07) is 8.27. The molecule has 0 saturated heterocycles. The highest BCUT2D eigenvalue weighted by molar-refractivity contribution is 5.93. The lowest BCUT2D eigenvalue weighted by Crippen LogP contribution is -2.27. The van der Waals surface area contributed by atoms with E-state index in [0.717, 1.165) is 30.6 Å². The van der Waals surface area contributed by atoms with Crippen molar-refractivity contribution in [3.63, 3.8) is 0 Å². The van der Waals surface area contributed by atoms with Gasteiger partial charge in [-0.05, 0) is 42.5 Å². The van der Waals surface area contributed by atoms with Crippen LogP contribution in [0.15, 0.2) is 24.3 Å². The Hall–Kier alpha value is -1.92. The lowest BCUT2D eigenvalue weighted by atomic mass is 9.87. The first kappa shape index (κ1) is 22.1. The zero-order chi connectivity index (χ0) is 18.4. The Morgan fingerprint density at radius 3 is 2.42 bits per heavy atom. The molecule has 0 aliphatic heterocycles. The summed E-state index contributed by atoms with van der Waals surface area (Å²) >= 11 is 0. The summed E-state index contributed by atoms with van der Waals surface area (Å²) in [6.45, 7) is 9.73. The third-order valence-electron chi connectivity index (χ3n) is 4.11. The number of hydrogen-bond donors (Lipinski definition) is 2. The van der Waals surface area contributed by atoms with Gasteiger partial charge in [-0.25, -0.2) is 4.68 Å². The lowest BCUT2D eigenvalue weighted by Gasteiger charge is -2.19. The quantitative estimate of drug-likeness (QED) is 0.724. The smallest absolute Gasteiger partial charge is 0.273 e. The van der Waals surface area contributed by atoms with Crippen LogP contribution in [-0.2, 0) is 11.8 Å². The maximum absolute atomic E-state index is 12.4. The Kier molecular flexibility index (Phi) is 8.24. The van der Waals surface area contributed by atoms with Gasteiger partial charge in [0.25, 0.3) is 5.91 Å². The van der Waals surface area contributed by atoms with Gasteiger partial charge < -0.3 is 11.1 Å². The summed E-state index contributed by atoms with van der Waals surface area (Å²) in [5.74, 6) is -0.186. The number of nitrogens with one attached hydrogen (secondary N) is 1. The fourth-order valence-electron chi connectivity index (χ4n) is 2.64. The molecule has 144 valence electrons. The molecule has 3 N–H and O–H groups in total. The molecule has 6 nitrogen and oxygen atoms in total. The van der Waals surface area contributed by atoms with Gasteiger partial charge in [-0.3, -0.25) is 4.79 Å². The van der Waals surface area contributed by atoms with E-state index in [4.69, 9.17) is 5.73 Å². The molecule has 0 aliphatic carbocycles. The maximum Gasteiger partial charge on any atom is 0.273 e. The van der Waals surface area contributed by atoms with Crippen LogP contribution in [0.4, 0.5) is 0 Å². The molecule has 26 heavy (non-hydrogen) atoms. The molecule has 1 amide bonds. The van der Waals surface area contributed by atoms with Gasteiger partial charge >= 0.3 is 0 Å². The van der Waals surface area contributed by atoms with Crippen molar-refractivity contribution in [1.29, 1.82) is 0 Å². The average Bonchev–Trinajstić information content (AvgIpc) is 2.98. The van der Waals surface area contributed by atoms with Gasteiger partial charge in [-0.2, -0.15) is 0 Å². The van der Waals surface area contributed by atoms with Gasteiger partial charge in [0, 0.05) is 6.54 Å². The zero-order valence-electron chi connectivity index (χ0n) is 16.1. The maximum atomic E-state index is 12.4. The molecule has 0 fully saturated rings. The molecular weight excluding hydrogens is 350 g/mol. The molecule has 2 rings (SSSR count). The molecule has 1 aromatic carbocycles. The van der Waals surface area contributed by atoms with E-state index in [0.29, 0.717) is 18.8 Å². The van der Waals surface area contributed by atoms with E-state index in [2.05, 4.69) is 55.5 Å². The molecule has 2 aromatic rings. The van der Waals surface area contributed by atoms with Gasteiger partial charge in [-0.1, -0.05) is 51.5 Å². The number of nitrogens with two attached hydrogens (primary N) is 1. The van der Waals surface area contributed by atoms with Crippen LogP contribution in [0.5, 0.6) is 0 Å². The molecule has 0 unspecified atom stereocenters. The van der Waals surface area contributed by atoms with Crippen molar-refractivity contribution in [1.82, 2.24) is 20.3 Å². The standard InChI is InChI=1S/C19H29N5O.ClH/c1-5-7-16-17(18(25)21-13-6-12-20)22-23-24(16)15-10-8-14(9-11-15)19(2,3)4;/h8-11H,5-7,12-13,20H2,1-4H3,(H,21,25);1H. The van der Waals surface area contributed by atoms with E-state index >= 15 is 0 Å². The summed E-state index contributed by atoms with van der Waals surface area (Å²) in [7, 11) is 0. The van der Waals surface area contributed by atoms with Crippen LogP contribution in [0.1, 0.15) is 62.3 Å². The average molecular weight is 380 g/mol. The van der Waals surface area contributed by atoms with Gasteiger partial charge in [-0.15, -0.1) is 17.5 Å². The Morgan fingerprint density at radius 2 is 1.88 bits per heavy atom. The minimum Gasteiger partial charge on any atom is -0.351 e. The fourth-order valence-corrected chi connectivity index (χ4v) is 2.64. The first-order valence-electron chi connectivity index (χ1n) is 8.92. The van der Waals surface area contributed by atoms with Crippen LogP contribution < -0.4 is 11.1 Å². The van der Waals surface area contributed by atoms with Gasteiger partial charge in [0.05, 0.1) is 11.4 Å². The second-order valence-electron chi connectivity index (χ2n) is 7.24. The molecule has 1 aromatic heterocycles. The monoisotopic (exact) mass is 379 g/mol. The van der Waals surface area contributed by atoms with E-state index in [1.807, 2.05) is 12.1 Å². The number of carbonyl (C=O) groups excluding carboxylic acids is 1. The molecule has 1 heterocycles. The molecule has 0 saturated carbocycles. The minimum atomic E-state index is -0.186. The van der Waals surface area contributed by atoms with Crippen LogP contribution in [0.25, 0.3) is 5.69 Å². The first-order valence-corrected chi connectivity index (χ1v) is 8.92. The van der Waals surface area contributed by atoms with Crippen molar-refractivity contribution in [3.8, 4) is 5.69 Å². The third-order valence-corrected chi connectivity index (χ3v) is 4.11. The number of hydrogen-bond acceptors (Lipinski definition) is 4. The van der Waals surface area contributed by atoms with Crippen LogP contribution in [0, 0.1) is 0 Å². The van der Waals surface area contributed by atoms with E-state index in [1.165, 1.54) is 5.56 Å². The summed E-state index contributed by atoms with van der Waals surface area (Å²) in [5.41, 5.74) is 8.99. The summed E-state index contributed by atoms with van der Waals surface area (Å²) in [5, 5.41) is 11.2.